The predicted octanol–water partition coefficient (Wildman–Crippen LogP) is 6.29. The van der Waals surface area contributed by atoms with Gasteiger partial charge in [-0.05, 0) is 59.5 Å². The summed E-state index contributed by atoms with van der Waals surface area (Å²) in [6, 6.07) is 19.7. The molecule has 188 valence electrons. The smallest absolute Gasteiger partial charge is 0.235 e. The van der Waals surface area contributed by atoms with Crippen molar-refractivity contribution in [2.45, 2.75) is 50.2 Å². The molecule has 1 spiro atoms. The summed E-state index contributed by atoms with van der Waals surface area (Å²) in [6.45, 7) is 8.22. The zero-order chi connectivity index (χ0) is 25.6. The maximum absolute atomic E-state index is 13.0. The van der Waals surface area contributed by atoms with Crippen LogP contribution in [-0.4, -0.2) is 35.4 Å². The van der Waals surface area contributed by atoms with Gasteiger partial charge in [-0.2, -0.15) is 5.10 Å². The number of hydrogen-bond donors (Lipinski definition) is 1. The number of anilines is 1. The van der Waals surface area contributed by atoms with Gasteiger partial charge < -0.3 is 10.1 Å². The van der Waals surface area contributed by atoms with Crippen molar-refractivity contribution in [2.24, 2.45) is 0 Å². The quantitative estimate of drug-likeness (QED) is 0.224. The Morgan fingerprint density at radius 3 is 2.73 bits per heavy atom. The van der Waals surface area contributed by atoms with Gasteiger partial charge in [0.2, 0.25) is 5.91 Å². The van der Waals surface area contributed by atoms with E-state index in [1.54, 1.807) is 12.4 Å². The number of nitrogens with zero attached hydrogens (tertiary/aromatic N) is 3. The lowest BCUT2D eigenvalue weighted by Crippen LogP contribution is -2.22. The third kappa shape index (κ3) is 4.42. The third-order valence-corrected chi connectivity index (χ3v) is 9.28. The SMILES string of the molecule is C[Si](C)(C)CCOCn1nc(/C=C/c2ccncc2)c2ccc([C@@H]3C[C@@]34C(=O)Nc3ccccc34)cc21. The highest BCUT2D eigenvalue weighted by molar-refractivity contribution is 6.76. The first-order valence-electron chi connectivity index (χ1n) is 12.9. The molecule has 1 aliphatic carbocycles. The molecule has 37 heavy (non-hydrogen) atoms. The third-order valence-electron chi connectivity index (χ3n) is 7.58. The number of ether oxygens (including phenoxy) is 1. The number of carbonyl (C=O) groups is 1. The Labute approximate surface area is 218 Å². The highest BCUT2D eigenvalue weighted by Gasteiger charge is 2.65. The minimum Gasteiger partial charge on any atom is -0.360 e. The molecular weight excluding hydrogens is 476 g/mol. The van der Waals surface area contributed by atoms with E-state index in [0.717, 1.165) is 52.5 Å². The molecule has 2 aliphatic rings. The fourth-order valence-corrected chi connectivity index (χ4v) is 6.14. The Kier molecular flexibility index (Phi) is 5.85. The molecule has 2 aromatic carbocycles. The van der Waals surface area contributed by atoms with Crippen molar-refractivity contribution in [2.75, 3.05) is 11.9 Å². The Morgan fingerprint density at radius 2 is 1.92 bits per heavy atom. The first-order valence-corrected chi connectivity index (χ1v) is 16.6. The first kappa shape index (κ1) is 23.8. The second-order valence-corrected chi connectivity index (χ2v) is 17.0. The van der Waals surface area contributed by atoms with Crippen molar-refractivity contribution >= 4 is 42.7 Å². The number of rotatable bonds is 8. The van der Waals surface area contributed by atoms with Crippen LogP contribution >= 0.6 is 0 Å². The van der Waals surface area contributed by atoms with Crippen LogP contribution in [0.3, 0.4) is 0 Å². The zero-order valence-electron chi connectivity index (χ0n) is 21.6. The van der Waals surface area contributed by atoms with E-state index < -0.39 is 13.5 Å². The molecule has 6 nitrogen and oxygen atoms in total. The van der Waals surface area contributed by atoms with Crippen LogP contribution in [0.4, 0.5) is 5.69 Å². The van der Waals surface area contributed by atoms with Gasteiger partial charge in [0.05, 0.1) is 16.6 Å². The molecule has 0 saturated heterocycles. The lowest BCUT2D eigenvalue weighted by Gasteiger charge is -2.15. The van der Waals surface area contributed by atoms with E-state index in [1.807, 2.05) is 35.0 Å². The Balaban J connectivity index is 1.33. The largest absolute Gasteiger partial charge is 0.360 e. The van der Waals surface area contributed by atoms with Crippen LogP contribution in [0.25, 0.3) is 23.1 Å². The molecule has 1 fully saturated rings. The van der Waals surface area contributed by atoms with Crippen molar-refractivity contribution in [3.63, 3.8) is 0 Å². The molecule has 0 bridgehead atoms. The Bertz CT molecular complexity index is 1510. The van der Waals surface area contributed by atoms with Gasteiger partial charge >= 0.3 is 0 Å². The summed E-state index contributed by atoms with van der Waals surface area (Å²) in [5, 5.41) is 9.09. The van der Waals surface area contributed by atoms with E-state index in [1.165, 1.54) is 5.56 Å². The number of para-hydroxylation sites is 1. The molecule has 2 aromatic heterocycles. The van der Waals surface area contributed by atoms with Gasteiger partial charge in [-0.1, -0.05) is 56.0 Å². The van der Waals surface area contributed by atoms with E-state index >= 15 is 0 Å². The Morgan fingerprint density at radius 1 is 1.11 bits per heavy atom. The summed E-state index contributed by atoms with van der Waals surface area (Å²) in [7, 11) is -1.17. The lowest BCUT2D eigenvalue weighted by molar-refractivity contribution is -0.118. The monoisotopic (exact) mass is 508 g/mol. The summed E-state index contributed by atoms with van der Waals surface area (Å²) in [5.41, 5.74) is 5.80. The maximum atomic E-state index is 13.0. The normalized spacial score (nSPS) is 20.6. The topological polar surface area (TPSA) is 69.0 Å². The molecule has 1 aliphatic heterocycles. The molecule has 1 amide bonds. The summed E-state index contributed by atoms with van der Waals surface area (Å²) >= 11 is 0. The van der Waals surface area contributed by atoms with Crippen LogP contribution in [0.15, 0.2) is 67.0 Å². The Hall–Kier alpha value is -3.55. The molecule has 6 rings (SSSR count). The summed E-state index contributed by atoms with van der Waals surface area (Å²) in [6.07, 6.45) is 8.52. The van der Waals surface area contributed by atoms with Crippen molar-refractivity contribution in [1.82, 2.24) is 14.8 Å². The van der Waals surface area contributed by atoms with Crippen LogP contribution in [0.5, 0.6) is 0 Å². The standard InChI is InChI=1S/C30H32N4O2Si/c1-37(2,3)17-16-36-20-34-28-18-22(25-19-30(25)24-6-4-5-7-27(24)32-29(30)35)9-10-23(28)26(33-34)11-8-21-12-14-31-15-13-21/h4-15,18,25H,16-17,19-20H2,1-3H3,(H,32,35)/b11-8+/t25-,30-/m0/s1. The average Bonchev–Trinajstić information content (AvgIpc) is 3.46. The van der Waals surface area contributed by atoms with Gasteiger partial charge in [0.1, 0.15) is 6.73 Å². The average molecular weight is 509 g/mol. The van der Waals surface area contributed by atoms with Crippen LogP contribution in [0.1, 0.15) is 34.7 Å². The minimum absolute atomic E-state index is 0.114. The van der Waals surface area contributed by atoms with Gasteiger partial charge in [-0.3, -0.25) is 9.78 Å². The molecule has 0 radical (unpaired) electrons. The summed E-state index contributed by atoms with van der Waals surface area (Å²) < 4.78 is 8.06. The van der Waals surface area contributed by atoms with E-state index in [2.05, 4.69) is 66.4 Å². The highest BCUT2D eigenvalue weighted by Crippen LogP contribution is 2.65. The molecule has 1 N–H and O–H groups in total. The molecule has 2 atom stereocenters. The van der Waals surface area contributed by atoms with Crippen LogP contribution in [-0.2, 0) is 21.7 Å². The molecule has 7 heteroatoms. The molecule has 4 aromatic rings. The van der Waals surface area contributed by atoms with Crippen LogP contribution in [0.2, 0.25) is 25.7 Å². The van der Waals surface area contributed by atoms with Crippen LogP contribution < -0.4 is 5.32 Å². The fraction of sp³-hybridized carbons (Fsp3) is 0.300. The number of hydrogen-bond acceptors (Lipinski definition) is 4. The van der Waals surface area contributed by atoms with Crippen molar-refractivity contribution < 1.29 is 9.53 Å². The molecule has 1 saturated carbocycles. The number of benzene rings is 2. The van der Waals surface area contributed by atoms with Gasteiger partial charge in [-0.25, -0.2) is 4.68 Å². The fourth-order valence-electron chi connectivity index (χ4n) is 5.39. The second-order valence-electron chi connectivity index (χ2n) is 11.4. The van der Waals surface area contributed by atoms with Gasteiger partial charge in [-0.15, -0.1) is 0 Å². The number of fused-ring (bicyclic) bond motifs is 3. The first-order chi connectivity index (χ1) is 17.8. The van der Waals surface area contributed by atoms with Gasteiger partial charge in [0.25, 0.3) is 0 Å². The molecule has 3 heterocycles. The highest BCUT2D eigenvalue weighted by atomic mass is 28.3. The van der Waals surface area contributed by atoms with Gasteiger partial charge in [0, 0.05) is 44.1 Å². The van der Waals surface area contributed by atoms with E-state index in [-0.39, 0.29) is 11.8 Å². The van der Waals surface area contributed by atoms with Crippen molar-refractivity contribution in [1.29, 1.82) is 0 Å². The second kappa shape index (κ2) is 9.08. The summed E-state index contributed by atoms with van der Waals surface area (Å²) in [5.74, 6) is 0.274. The van der Waals surface area contributed by atoms with Gasteiger partial charge in [0.15, 0.2) is 0 Å². The van der Waals surface area contributed by atoms with E-state index in [9.17, 15) is 4.79 Å². The molecule has 0 unspecified atom stereocenters. The minimum atomic E-state index is -1.17. The maximum Gasteiger partial charge on any atom is 0.235 e. The number of pyridine rings is 1. The number of nitrogens with one attached hydrogen (secondary N) is 1. The lowest BCUT2D eigenvalue weighted by atomic mass is 9.92. The summed E-state index contributed by atoms with van der Waals surface area (Å²) in [4.78, 5) is 17.1. The number of carbonyl (C=O) groups excluding carboxylic acids is 1. The van der Waals surface area contributed by atoms with Crippen molar-refractivity contribution in [3.8, 4) is 0 Å². The van der Waals surface area contributed by atoms with Crippen molar-refractivity contribution in [3.05, 3.63) is 89.4 Å². The van der Waals surface area contributed by atoms with E-state index in [4.69, 9.17) is 9.84 Å². The van der Waals surface area contributed by atoms with Crippen LogP contribution in [0, 0.1) is 0 Å². The molecular formula is C30H32N4O2Si. The predicted molar refractivity (Wildman–Crippen MR) is 151 cm³/mol. The zero-order valence-corrected chi connectivity index (χ0v) is 22.6. The number of aromatic nitrogens is 3. The number of amides is 1. The van der Waals surface area contributed by atoms with E-state index in [0.29, 0.717) is 6.73 Å².